The third-order valence-electron chi connectivity index (χ3n) is 3.78. The van der Waals surface area contributed by atoms with Crippen LogP contribution in [0.1, 0.15) is 21.5 Å². The van der Waals surface area contributed by atoms with E-state index in [4.69, 9.17) is 4.74 Å². The van der Waals surface area contributed by atoms with Gasteiger partial charge in [0.25, 0.3) is 0 Å². The van der Waals surface area contributed by atoms with Gasteiger partial charge in [-0.1, -0.05) is 64.5 Å². The number of hydrogen-bond acceptors (Lipinski definition) is 3. The Labute approximate surface area is 160 Å². The van der Waals surface area contributed by atoms with E-state index in [1.807, 2.05) is 54.6 Å². The van der Waals surface area contributed by atoms with Gasteiger partial charge in [-0.15, -0.1) is 0 Å². The van der Waals surface area contributed by atoms with Crippen LogP contribution in [0.4, 0.5) is 0 Å². The van der Waals surface area contributed by atoms with Gasteiger partial charge in [0.2, 0.25) is 0 Å². The number of ether oxygens (including phenoxy) is 1. The molecule has 0 saturated carbocycles. The Bertz CT molecular complexity index is 916. The molecule has 0 saturated heterocycles. The van der Waals surface area contributed by atoms with E-state index in [1.54, 1.807) is 18.2 Å². The summed E-state index contributed by atoms with van der Waals surface area (Å²) in [4.78, 5) is 12.2. The van der Waals surface area contributed by atoms with Crippen LogP contribution >= 0.6 is 15.9 Å². The van der Waals surface area contributed by atoms with Crippen molar-refractivity contribution in [2.24, 2.45) is 0 Å². The number of rotatable bonds is 6. The molecule has 1 N–H and O–H groups in total. The molecule has 3 aromatic carbocycles. The van der Waals surface area contributed by atoms with Gasteiger partial charge < -0.3 is 9.84 Å². The Morgan fingerprint density at radius 2 is 1.73 bits per heavy atom. The maximum absolute atomic E-state index is 12.2. The van der Waals surface area contributed by atoms with Gasteiger partial charge in [-0.05, 0) is 47.5 Å². The summed E-state index contributed by atoms with van der Waals surface area (Å²) < 4.78 is 6.48. The van der Waals surface area contributed by atoms with Gasteiger partial charge in [0.05, 0.1) is 5.56 Å². The molecule has 0 amide bonds. The van der Waals surface area contributed by atoms with Gasteiger partial charge in [-0.3, -0.25) is 4.79 Å². The molecule has 3 rings (SSSR count). The summed E-state index contributed by atoms with van der Waals surface area (Å²) >= 11 is 3.30. The van der Waals surface area contributed by atoms with Crippen molar-refractivity contribution >= 4 is 27.8 Å². The Balaban J connectivity index is 1.62. The van der Waals surface area contributed by atoms with Gasteiger partial charge in [-0.2, -0.15) is 0 Å². The van der Waals surface area contributed by atoms with E-state index >= 15 is 0 Å². The zero-order valence-corrected chi connectivity index (χ0v) is 15.5. The molecule has 3 aromatic rings. The number of aromatic hydroxyl groups is 1. The van der Waals surface area contributed by atoms with Crippen molar-refractivity contribution in [1.82, 2.24) is 0 Å². The second-order valence-corrected chi connectivity index (χ2v) is 6.62. The van der Waals surface area contributed by atoms with Crippen LogP contribution in [0.25, 0.3) is 6.08 Å². The molecule has 26 heavy (non-hydrogen) atoms. The lowest BCUT2D eigenvalue weighted by atomic mass is 10.1. The van der Waals surface area contributed by atoms with Gasteiger partial charge in [-0.25, -0.2) is 0 Å². The van der Waals surface area contributed by atoms with Crippen molar-refractivity contribution in [2.45, 2.75) is 6.61 Å². The Kier molecular flexibility index (Phi) is 5.87. The van der Waals surface area contributed by atoms with E-state index in [-0.39, 0.29) is 17.1 Å². The highest BCUT2D eigenvalue weighted by atomic mass is 79.9. The van der Waals surface area contributed by atoms with Crippen molar-refractivity contribution in [3.05, 3.63) is 100 Å². The summed E-state index contributed by atoms with van der Waals surface area (Å²) in [7, 11) is 0. The molecule has 0 aromatic heterocycles. The van der Waals surface area contributed by atoms with Crippen LogP contribution in [0, 0.1) is 0 Å². The summed E-state index contributed by atoms with van der Waals surface area (Å²) in [5.74, 6) is 0.475. The van der Waals surface area contributed by atoms with Crippen molar-refractivity contribution in [3.8, 4) is 11.5 Å². The summed E-state index contributed by atoms with van der Waals surface area (Å²) in [5.41, 5.74) is 2.24. The lowest BCUT2D eigenvalue weighted by Crippen LogP contribution is -1.95. The second kappa shape index (κ2) is 8.50. The average Bonchev–Trinajstić information content (AvgIpc) is 2.68. The Morgan fingerprint density at radius 3 is 2.46 bits per heavy atom. The smallest absolute Gasteiger partial charge is 0.189 e. The van der Waals surface area contributed by atoms with Crippen LogP contribution in [0.3, 0.4) is 0 Å². The van der Waals surface area contributed by atoms with Crippen LogP contribution in [-0.4, -0.2) is 10.9 Å². The monoisotopic (exact) mass is 408 g/mol. The van der Waals surface area contributed by atoms with E-state index in [1.165, 1.54) is 12.1 Å². The van der Waals surface area contributed by atoms with E-state index in [9.17, 15) is 9.90 Å². The Morgan fingerprint density at radius 1 is 1.00 bits per heavy atom. The molecule has 130 valence electrons. The van der Waals surface area contributed by atoms with Crippen molar-refractivity contribution in [1.29, 1.82) is 0 Å². The third kappa shape index (κ3) is 4.83. The van der Waals surface area contributed by atoms with Crippen molar-refractivity contribution < 1.29 is 14.6 Å². The first-order valence-electron chi connectivity index (χ1n) is 8.09. The number of carbonyl (C=O) groups is 1. The minimum absolute atomic E-state index is 0.0347. The quantitative estimate of drug-likeness (QED) is 0.424. The number of phenols is 1. The van der Waals surface area contributed by atoms with Crippen molar-refractivity contribution in [3.63, 3.8) is 0 Å². The highest BCUT2D eigenvalue weighted by Gasteiger charge is 2.08. The highest BCUT2D eigenvalue weighted by Crippen LogP contribution is 2.23. The molecule has 0 aliphatic carbocycles. The number of phenolic OH excluding ortho intramolecular Hbond substituents is 1. The fourth-order valence-corrected chi connectivity index (χ4v) is 2.74. The van der Waals surface area contributed by atoms with E-state index in [2.05, 4.69) is 15.9 Å². The summed E-state index contributed by atoms with van der Waals surface area (Å²) in [6.07, 6.45) is 3.16. The van der Waals surface area contributed by atoms with E-state index in [0.29, 0.717) is 6.61 Å². The number of ketones is 1. The number of hydrogen-bond donors (Lipinski definition) is 1. The predicted molar refractivity (Wildman–Crippen MR) is 106 cm³/mol. The van der Waals surface area contributed by atoms with Crippen molar-refractivity contribution in [2.75, 3.05) is 0 Å². The van der Waals surface area contributed by atoms with Gasteiger partial charge in [0.15, 0.2) is 5.78 Å². The highest BCUT2D eigenvalue weighted by molar-refractivity contribution is 9.10. The molecular formula is C22H17BrO3. The molecule has 0 radical (unpaired) electrons. The number of carbonyl (C=O) groups excluding carboxylic acids is 1. The summed E-state index contributed by atoms with van der Waals surface area (Å²) in [6, 6.07) is 22.2. The molecule has 0 aliphatic heterocycles. The first-order valence-corrected chi connectivity index (χ1v) is 8.89. The van der Waals surface area contributed by atoms with E-state index < -0.39 is 0 Å². The largest absolute Gasteiger partial charge is 0.507 e. The lowest BCUT2D eigenvalue weighted by Gasteiger charge is -2.06. The number of halogens is 1. The lowest BCUT2D eigenvalue weighted by molar-refractivity contribution is 0.104. The Hall–Kier alpha value is -2.85. The molecule has 0 unspecified atom stereocenters. The molecular weight excluding hydrogens is 392 g/mol. The zero-order chi connectivity index (χ0) is 18.4. The number of allylic oxidation sites excluding steroid dienone is 1. The fraction of sp³-hybridized carbons (Fsp3) is 0.0455. The molecule has 0 aliphatic rings. The van der Waals surface area contributed by atoms with Crippen LogP contribution in [0.2, 0.25) is 0 Å². The number of benzene rings is 3. The predicted octanol–water partition coefficient (Wildman–Crippen LogP) is 5.63. The normalized spacial score (nSPS) is 10.8. The third-order valence-corrected chi connectivity index (χ3v) is 4.27. The minimum atomic E-state index is -0.256. The zero-order valence-electron chi connectivity index (χ0n) is 13.9. The topological polar surface area (TPSA) is 46.5 Å². The molecule has 4 heteroatoms. The summed E-state index contributed by atoms with van der Waals surface area (Å²) in [6.45, 7) is 0.511. The molecule has 0 spiro atoms. The van der Waals surface area contributed by atoms with E-state index in [0.717, 1.165) is 21.3 Å². The van der Waals surface area contributed by atoms with Gasteiger partial charge in [0.1, 0.15) is 18.1 Å². The van der Waals surface area contributed by atoms with Crippen LogP contribution in [0.15, 0.2) is 83.3 Å². The first kappa shape index (κ1) is 18.0. The maximum Gasteiger partial charge on any atom is 0.189 e. The molecule has 0 fully saturated rings. The molecule has 0 heterocycles. The van der Waals surface area contributed by atoms with Gasteiger partial charge in [0, 0.05) is 4.47 Å². The van der Waals surface area contributed by atoms with Crippen LogP contribution < -0.4 is 4.74 Å². The molecule has 3 nitrogen and oxygen atoms in total. The van der Waals surface area contributed by atoms with Crippen LogP contribution in [-0.2, 0) is 6.61 Å². The van der Waals surface area contributed by atoms with Gasteiger partial charge >= 0.3 is 0 Å². The fourth-order valence-electron chi connectivity index (χ4n) is 2.38. The second-order valence-electron chi connectivity index (χ2n) is 5.70. The minimum Gasteiger partial charge on any atom is -0.507 e. The SMILES string of the molecule is O=C(C=Cc1ccc(OCc2ccccc2)cc1)c1cc(Br)ccc1O. The maximum atomic E-state index is 12.2. The average molecular weight is 409 g/mol. The van der Waals surface area contributed by atoms with Crippen LogP contribution in [0.5, 0.6) is 11.5 Å². The molecule has 0 bridgehead atoms. The standard InChI is InChI=1S/C22H17BrO3/c23-18-9-13-22(25)20(14-18)21(24)12-8-16-6-10-19(11-7-16)26-15-17-4-2-1-3-5-17/h1-14,25H,15H2. The summed E-state index contributed by atoms with van der Waals surface area (Å²) in [5, 5.41) is 9.80. The first-order chi connectivity index (χ1) is 12.6. The molecule has 0 atom stereocenters.